The molecule has 0 saturated heterocycles. The number of fused-ring (bicyclic) bond motifs is 4. The predicted molar refractivity (Wildman–Crippen MR) is 231 cm³/mol. The van der Waals surface area contributed by atoms with Gasteiger partial charge in [-0.1, -0.05) is 139 Å². The third kappa shape index (κ3) is 5.21. The molecule has 6 heteroatoms. The van der Waals surface area contributed by atoms with E-state index in [9.17, 15) is 0 Å². The number of nitrogens with zero attached hydrogens (tertiary/aromatic N) is 4. The maximum atomic E-state index is 5.36. The molecule has 258 valence electrons. The van der Waals surface area contributed by atoms with Crippen LogP contribution in [0.2, 0.25) is 0 Å². The summed E-state index contributed by atoms with van der Waals surface area (Å²) in [7, 11) is 0. The third-order valence-corrected chi connectivity index (χ3v) is 11.9. The van der Waals surface area contributed by atoms with Gasteiger partial charge in [0.15, 0.2) is 0 Å². The molecule has 1 aromatic heterocycles. The molecule has 55 heavy (non-hydrogen) atoms. The van der Waals surface area contributed by atoms with Crippen LogP contribution in [-0.4, -0.2) is 16.3 Å². The highest BCUT2D eigenvalue weighted by molar-refractivity contribution is 8.00. The van der Waals surface area contributed by atoms with Crippen LogP contribution < -0.4 is 26.2 Å². The van der Waals surface area contributed by atoms with Crippen molar-refractivity contribution in [3.8, 4) is 17.1 Å². The zero-order chi connectivity index (χ0) is 36.3. The van der Waals surface area contributed by atoms with Crippen LogP contribution in [0.5, 0.6) is 0 Å². The van der Waals surface area contributed by atoms with Crippen molar-refractivity contribution in [1.82, 2.24) is 9.55 Å². The number of para-hydroxylation sites is 5. The second-order valence-electron chi connectivity index (χ2n) is 14.0. The Morgan fingerprint density at radius 3 is 1.55 bits per heavy atom. The first-order valence-electron chi connectivity index (χ1n) is 18.7. The van der Waals surface area contributed by atoms with Gasteiger partial charge in [-0.3, -0.25) is 4.57 Å². The number of imidazole rings is 1. The summed E-state index contributed by atoms with van der Waals surface area (Å²) < 4.78 is 2.43. The van der Waals surface area contributed by atoms with Gasteiger partial charge in [-0.2, -0.15) is 0 Å². The van der Waals surface area contributed by atoms with E-state index in [0.717, 1.165) is 51.0 Å². The molecule has 4 nitrogen and oxygen atoms in total. The van der Waals surface area contributed by atoms with E-state index < -0.39 is 0 Å². The molecule has 11 rings (SSSR count). The lowest BCUT2D eigenvalue weighted by Crippen LogP contribution is -2.58. The highest BCUT2D eigenvalue weighted by Gasteiger charge is 2.41. The van der Waals surface area contributed by atoms with Crippen molar-refractivity contribution in [1.29, 1.82) is 0 Å². The Kier molecular flexibility index (Phi) is 7.49. The fourth-order valence-electron chi connectivity index (χ4n) is 8.48. The topological polar surface area (TPSA) is 24.3 Å². The molecular weight excluding hydrogens is 687 g/mol. The van der Waals surface area contributed by atoms with E-state index in [1.54, 1.807) is 0 Å². The Hall–Kier alpha value is -6.76. The summed E-state index contributed by atoms with van der Waals surface area (Å²) in [5.74, 6) is 0.958. The van der Waals surface area contributed by atoms with Crippen molar-refractivity contribution in [2.75, 3.05) is 9.80 Å². The second kappa shape index (κ2) is 13.0. The molecule has 0 N–H and O–H groups in total. The Bertz CT molecular complexity index is 2770. The van der Waals surface area contributed by atoms with Gasteiger partial charge in [-0.05, 0) is 89.8 Å². The van der Waals surface area contributed by atoms with E-state index in [0.29, 0.717) is 0 Å². The first-order valence-corrected chi connectivity index (χ1v) is 19.5. The minimum atomic E-state index is 0.0460. The van der Waals surface area contributed by atoms with Crippen LogP contribution in [-0.2, 0) is 0 Å². The smallest absolute Gasteiger partial charge is 0.249 e. The third-order valence-electron chi connectivity index (χ3n) is 10.8. The van der Waals surface area contributed by atoms with Crippen molar-refractivity contribution in [3.05, 3.63) is 200 Å². The fraction of sp³-hybridized carbons (Fsp3) is 0. The summed E-state index contributed by atoms with van der Waals surface area (Å²) in [5.41, 5.74) is 15.1. The van der Waals surface area contributed by atoms with E-state index in [1.165, 1.54) is 37.4 Å². The predicted octanol–water partition coefficient (Wildman–Crippen LogP) is 10.9. The van der Waals surface area contributed by atoms with Gasteiger partial charge in [-0.25, -0.2) is 4.98 Å². The summed E-state index contributed by atoms with van der Waals surface area (Å²) >= 11 is 1.87. The molecule has 0 aliphatic carbocycles. The molecule has 0 spiro atoms. The standard InChI is InChI=1S/C49H33BN4S/c1-6-17-34(18-7-1)49-51-43-28-16-27-42-48(43)54(49)44-31-40(53(37-23-12-4-13-24-37)38-25-14-5-15-26-38)33-46-47(44)50(42)41-30-29-39(32-45(41)55-46)52(35-19-8-2-9-20-35)36-21-10-3-11-22-36/h1-33H. The molecule has 0 atom stereocenters. The Balaban J connectivity index is 1.18. The highest BCUT2D eigenvalue weighted by atomic mass is 32.2. The largest absolute Gasteiger partial charge is 0.310 e. The Labute approximate surface area is 325 Å². The molecule has 0 saturated carbocycles. The van der Waals surface area contributed by atoms with E-state index in [-0.39, 0.29) is 6.71 Å². The van der Waals surface area contributed by atoms with Gasteiger partial charge in [-0.15, -0.1) is 0 Å². The second-order valence-corrected chi connectivity index (χ2v) is 15.1. The molecule has 8 aromatic carbocycles. The number of rotatable bonds is 7. The van der Waals surface area contributed by atoms with Crippen LogP contribution in [0.1, 0.15) is 0 Å². The van der Waals surface area contributed by atoms with Gasteiger partial charge in [0.1, 0.15) is 5.82 Å². The van der Waals surface area contributed by atoms with Crippen LogP contribution in [0.3, 0.4) is 0 Å². The summed E-state index contributed by atoms with van der Waals surface area (Å²) in [5, 5.41) is 0. The minimum Gasteiger partial charge on any atom is -0.310 e. The Morgan fingerprint density at radius 1 is 0.436 bits per heavy atom. The molecule has 0 unspecified atom stereocenters. The van der Waals surface area contributed by atoms with Gasteiger partial charge in [0, 0.05) is 55.2 Å². The first kappa shape index (κ1) is 31.7. The molecule has 3 heterocycles. The number of aromatic nitrogens is 2. The minimum absolute atomic E-state index is 0.0460. The van der Waals surface area contributed by atoms with Crippen LogP contribution in [0.4, 0.5) is 34.1 Å². The summed E-state index contributed by atoms with van der Waals surface area (Å²) in [6.45, 7) is 0.0460. The summed E-state index contributed by atoms with van der Waals surface area (Å²) in [4.78, 5) is 12.6. The number of benzene rings is 8. The van der Waals surface area contributed by atoms with Gasteiger partial charge in [0.25, 0.3) is 0 Å². The molecule has 2 aliphatic heterocycles. The molecule has 0 fully saturated rings. The van der Waals surface area contributed by atoms with E-state index >= 15 is 0 Å². The van der Waals surface area contributed by atoms with Crippen LogP contribution in [0.15, 0.2) is 210 Å². The SMILES string of the molecule is c1ccc(-c2nc3cccc4c3n2-c2cc(N(c3ccccc3)c3ccccc3)cc3c2B4c2ccc(N(c4ccccc4)c4ccccc4)cc2S3)cc1. The number of hydrogen-bond donors (Lipinski definition) is 0. The maximum absolute atomic E-state index is 5.36. The van der Waals surface area contributed by atoms with Gasteiger partial charge in [0.2, 0.25) is 6.71 Å². The van der Waals surface area contributed by atoms with Crippen LogP contribution in [0, 0.1) is 0 Å². The monoisotopic (exact) mass is 720 g/mol. The molecule has 2 aliphatic rings. The van der Waals surface area contributed by atoms with Crippen molar-refractivity contribution < 1.29 is 0 Å². The lowest BCUT2D eigenvalue weighted by Gasteiger charge is -2.36. The number of hydrogen-bond acceptors (Lipinski definition) is 4. The quantitative estimate of drug-likeness (QED) is 0.153. The van der Waals surface area contributed by atoms with Crippen molar-refractivity contribution in [2.24, 2.45) is 0 Å². The average molecular weight is 721 g/mol. The van der Waals surface area contributed by atoms with Gasteiger partial charge in [0.05, 0.1) is 11.0 Å². The van der Waals surface area contributed by atoms with Crippen molar-refractivity contribution >= 4 is 80.0 Å². The van der Waals surface area contributed by atoms with E-state index in [2.05, 4.69) is 215 Å². The van der Waals surface area contributed by atoms with E-state index in [1.807, 2.05) is 11.8 Å². The van der Waals surface area contributed by atoms with Gasteiger partial charge >= 0.3 is 0 Å². The lowest BCUT2D eigenvalue weighted by atomic mass is 9.35. The van der Waals surface area contributed by atoms with Crippen LogP contribution >= 0.6 is 11.8 Å². The molecular formula is C49H33BN4S. The molecule has 9 aromatic rings. The normalized spacial score (nSPS) is 12.3. The average Bonchev–Trinajstić information content (AvgIpc) is 3.65. The van der Waals surface area contributed by atoms with E-state index in [4.69, 9.17) is 4.98 Å². The van der Waals surface area contributed by atoms with Crippen molar-refractivity contribution in [2.45, 2.75) is 9.79 Å². The molecule has 0 amide bonds. The fourth-order valence-corrected chi connectivity index (χ4v) is 9.71. The molecule has 0 bridgehead atoms. The van der Waals surface area contributed by atoms with Crippen LogP contribution in [0.25, 0.3) is 28.1 Å². The highest BCUT2D eigenvalue weighted by Crippen LogP contribution is 2.44. The first-order chi connectivity index (χ1) is 27.3. The zero-order valence-electron chi connectivity index (χ0n) is 29.8. The summed E-state index contributed by atoms with van der Waals surface area (Å²) in [6.07, 6.45) is 0. The Morgan fingerprint density at radius 2 is 0.964 bits per heavy atom. The number of anilines is 6. The molecule has 0 radical (unpaired) electrons. The maximum Gasteiger partial charge on any atom is 0.249 e. The summed E-state index contributed by atoms with van der Waals surface area (Å²) in [6, 6.07) is 71.8. The zero-order valence-corrected chi connectivity index (χ0v) is 30.6. The van der Waals surface area contributed by atoms with Crippen molar-refractivity contribution in [3.63, 3.8) is 0 Å². The lowest BCUT2D eigenvalue weighted by molar-refractivity contribution is 1.09. The van der Waals surface area contributed by atoms with Gasteiger partial charge < -0.3 is 9.80 Å².